The van der Waals surface area contributed by atoms with Crippen molar-refractivity contribution in [2.45, 2.75) is 114 Å². The van der Waals surface area contributed by atoms with Crippen molar-refractivity contribution in [2.24, 2.45) is 21.7 Å². The molecule has 0 radical (unpaired) electrons. The largest absolute Gasteiger partial charge is 0.462 e. The molecule has 1 aliphatic rings. The molecule has 1 aliphatic heterocycles. The maximum absolute atomic E-state index is 13.0. The first-order chi connectivity index (χ1) is 16.5. The minimum absolute atomic E-state index is 0.318. The van der Waals surface area contributed by atoms with Crippen LogP contribution in [0.1, 0.15) is 83.1 Å². The minimum atomic E-state index is -1.30. The zero-order valence-corrected chi connectivity index (χ0v) is 24.7. The third kappa shape index (κ3) is 9.25. The first kappa shape index (κ1) is 32.8. The highest BCUT2D eigenvalue weighted by Gasteiger charge is 2.54. The second-order valence-corrected chi connectivity index (χ2v) is 13.5. The fraction of sp³-hybridized carbons (Fsp3) is 0.852. The molecule has 1 rings (SSSR count). The highest BCUT2D eigenvalue weighted by atomic mass is 16.7. The van der Waals surface area contributed by atoms with Crippen LogP contribution in [0.5, 0.6) is 0 Å². The Bertz CT molecular complexity index is 835. The Morgan fingerprint density at radius 3 is 1.27 bits per heavy atom. The van der Waals surface area contributed by atoms with Gasteiger partial charge in [0.25, 0.3) is 0 Å². The monoisotopic (exact) mass is 530 g/mol. The summed E-state index contributed by atoms with van der Waals surface area (Å²) in [6.45, 7) is 19.8. The predicted octanol–water partition coefficient (Wildman–Crippen LogP) is 3.82. The SMILES string of the molecule is CO[C@@H]1O[C@H](COC(=O)C(C)(C)C)[C@H](OC(=O)C(C)(C)C)[C@H](OC(=O)C(C)(C)C)[C@H]1OC(=O)C(C)(C)C. The van der Waals surface area contributed by atoms with E-state index in [1.54, 1.807) is 83.1 Å². The number of esters is 4. The van der Waals surface area contributed by atoms with Crippen molar-refractivity contribution in [2.75, 3.05) is 13.7 Å². The molecule has 10 heteroatoms. The Labute approximate surface area is 221 Å². The molecule has 37 heavy (non-hydrogen) atoms. The van der Waals surface area contributed by atoms with Crippen molar-refractivity contribution in [3.63, 3.8) is 0 Å². The Kier molecular flexibility index (Phi) is 10.4. The summed E-state index contributed by atoms with van der Waals surface area (Å²) in [5.41, 5.74) is -3.53. The second-order valence-electron chi connectivity index (χ2n) is 13.5. The molecule has 0 amide bonds. The summed E-state index contributed by atoms with van der Waals surface area (Å²) >= 11 is 0. The molecule has 214 valence electrons. The van der Waals surface area contributed by atoms with E-state index in [4.69, 9.17) is 28.4 Å². The minimum Gasteiger partial charge on any atom is -0.462 e. The van der Waals surface area contributed by atoms with Crippen LogP contribution in [0.4, 0.5) is 0 Å². The summed E-state index contributed by atoms with van der Waals surface area (Å²) in [6.07, 6.45) is -6.12. The normalized spacial score (nSPS) is 25.2. The van der Waals surface area contributed by atoms with Crippen LogP contribution in [0.25, 0.3) is 0 Å². The van der Waals surface area contributed by atoms with E-state index < -0.39 is 76.2 Å². The fourth-order valence-corrected chi connectivity index (χ4v) is 2.88. The van der Waals surface area contributed by atoms with Crippen LogP contribution in [0.15, 0.2) is 0 Å². The molecule has 0 saturated carbocycles. The highest BCUT2D eigenvalue weighted by molar-refractivity contribution is 5.78. The highest BCUT2D eigenvalue weighted by Crippen LogP contribution is 2.34. The van der Waals surface area contributed by atoms with Gasteiger partial charge in [-0.2, -0.15) is 0 Å². The number of methoxy groups -OCH3 is 1. The van der Waals surface area contributed by atoms with Crippen molar-refractivity contribution in [3.05, 3.63) is 0 Å². The Morgan fingerprint density at radius 1 is 0.568 bits per heavy atom. The standard InChI is InChI=1S/C27H46O10/c1-24(2,3)20(28)33-14-15-16(35-21(29)25(4,5)6)17(36-22(30)26(7,8)9)18(19(32-13)34-15)37-23(31)27(10,11)12/h15-19H,14H2,1-13H3/t15-,16+,17+,18-,19-/m1/s1. The average molecular weight is 531 g/mol. The zero-order chi connectivity index (χ0) is 29.1. The van der Waals surface area contributed by atoms with Crippen LogP contribution < -0.4 is 0 Å². The van der Waals surface area contributed by atoms with E-state index in [-0.39, 0.29) is 6.61 Å². The smallest absolute Gasteiger partial charge is 0.311 e. The van der Waals surface area contributed by atoms with Gasteiger partial charge in [0.15, 0.2) is 24.6 Å². The lowest BCUT2D eigenvalue weighted by atomic mass is 9.93. The van der Waals surface area contributed by atoms with Gasteiger partial charge < -0.3 is 28.4 Å². The van der Waals surface area contributed by atoms with Crippen molar-refractivity contribution in [1.29, 1.82) is 0 Å². The molecule has 5 atom stereocenters. The van der Waals surface area contributed by atoms with Crippen LogP contribution >= 0.6 is 0 Å². The summed E-state index contributed by atoms with van der Waals surface area (Å²) < 4.78 is 34.4. The molecule has 1 saturated heterocycles. The molecule has 0 bridgehead atoms. The van der Waals surface area contributed by atoms with E-state index in [0.29, 0.717) is 0 Å². The molecule has 0 spiro atoms. The van der Waals surface area contributed by atoms with Gasteiger partial charge in [-0.1, -0.05) is 0 Å². The maximum atomic E-state index is 13.0. The summed E-state index contributed by atoms with van der Waals surface area (Å²) in [5.74, 6) is -2.33. The first-order valence-electron chi connectivity index (χ1n) is 12.5. The number of ether oxygens (including phenoxy) is 6. The maximum Gasteiger partial charge on any atom is 0.311 e. The van der Waals surface area contributed by atoms with Crippen molar-refractivity contribution in [1.82, 2.24) is 0 Å². The van der Waals surface area contributed by atoms with Gasteiger partial charge in [0.1, 0.15) is 12.7 Å². The summed E-state index contributed by atoms with van der Waals surface area (Å²) in [6, 6.07) is 0. The molecular formula is C27H46O10. The van der Waals surface area contributed by atoms with E-state index in [9.17, 15) is 19.2 Å². The zero-order valence-electron chi connectivity index (χ0n) is 24.7. The topological polar surface area (TPSA) is 124 Å². The van der Waals surface area contributed by atoms with E-state index in [1.807, 2.05) is 0 Å². The van der Waals surface area contributed by atoms with Crippen LogP contribution in [0.2, 0.25) is 0 Å². The lowest BCUT2D eigenvalue weighted by Gasteiger charge is -2.45. The Balaban J connectivity index is 3.58. The molecule has 1 fully saturated rings. The molecule has 0 aliphatic carbocycles. The second kappa shape index (κ2) is 11.7. The molecule has 10 nitrogen and oxygen atoms in total. The van der Waals surface area contributed by atoms with E-state index >= 15 is 0 Å². The molecule has 0 N–H and O–H groups in total. The summed E-state index contributed by atoms with van der Waals surface area (Å²) in [5, 5.41) is 0. The van der Waals surface area contributed by atoms with Crippen molar-refractivity contribution in [3.8, 4) is 0 Å². The Hall–Kier alpha value is -2.20. The molecule has 0 aromatic carbocycles. The number of rotatable bonds is 6. The van der Waals surface area contributed by atoms with Gasteiger partial charge >= 0.3 is 23.9 Å². The van der Waals surface area contributed by atoms with Gasteiger partial charge in [-0.3, -0.25) is 19.2 Å². The van der Waals surface area contributed by atoms with Crippen LogP contribution in [-0.4, -0.2) is 68.3 Å². The van der Waals surface area contributed by atoms with Gasteiger partial charge in [0.2, 0.25) is 0 Å². The predicted molar refractivity (Wildman–Crippen MR) is 134 cm³/mol. The Morgan fingerprint density at radius 2 is 0.919 bits per heavy atom. The number of hydrogen-bond donors (Lipinski definition) is 0. The van der Waals surface area contributed by atoms with Gasteiger partial charge in [0.05, 0.1) is 21.7 Å². The first-order valence-corrected chi connectivity index (χ1v) is 12.5. The molecular weight excluding hydrogens is 484 g/mol. The number of carbonyl (C=O) groups excluding carboxylic acids is 4. The molecule has 1 heterocycles. The molecule has 0 unspecified atom stereocenters. The van der Waals surface area contributed by atoms with Crippen LogP contribution in [0.3, 0.4) is 0 Å². The number of hydrogen-bond acceptors (Lipinski definition) is 10. The van der Waals surface area contributed by atoms with Crippen LogP contribution in [0, 0.1) is 21.7 Å². The van der Waals surface area contributed by atoms with Crippen LogP contribution in [-0.2, 0) is 47.6 Å². The molecule has 0 aromatic heterocycles. The third-order valence-electron chi connectivity index (χ3n) is 5.38. The fourth-order valence-electron chi connectivity index (χ4n) is 2.88. The van der Waals surface area contributed by atoms with E-state index in [0.717, 1.165) is 0 Å². The summed E-state index contributed by atoms with van der Waals surface area (Å²) in [4.78, 5) is 51.3. The van der Waals surface area contributed by atoms with Gasteiger partial charge in [-0.25, -0.2) is 0 Å². The van der Waals surface area contributed by atoms with E-state index in [2.05, 4.69) is 0 Å². The summed E-state index contributed by atoms with van der Waals surface area (Å²) in [7, 11) is 1.34. The van der Waals surface area contributed by atoms with Crippen molar-refractivity contribution >= 4 is 23.9 Å². The van der Waals surface area contributed by atoms with Crippen molar-refractivity contribution < 1.29 is 47.6 Å². The van der Waals surface area contributed by atoms with E-state index in [1.165, 1.54) is 7.11 Å². The molecule has 0 aromatic rings. The lowest BCUT2D eigenvalue weighted by Crippen LogP contribution is -2.64. The van der Waals surface area contributed by atoms with Gasteiger partial charge in [0, 0.05) is 7.11 Å². The average Bonchev–Trinajstić information content (AvgIpc) is 2.71. The van der Waals surface area contributed by atoms with Gasteiger partial charge in [-0.05, 0) is 83.1 Å². The number of carbonyl (C=O) groups is 4. The van der Waals surface area contributed by atoms with Gasteiger partial charge in [-0.15, -0.1) is 0 Å². The third-order valence-corrected chi connectivity index (χ3v) is 5.38. The lowest BCUT2D eigenvalue weighted by molar-refractivity contribution is -0.306. The quantitative estimate of drug-likeness (QED) is 0.370.